The number of rotatable bonds is 5. The van der Waals surface area contributed by atoms with Crippen molar-refractivity contribution in [3.05, 3.63) is 12.2 Å². The zero-order chi connectivity index (χ0) is 7.82. The van der Waals surface area contributed by atoms with Gasteiger partial charge in [0, 0.05) is 0 Å². The van der Waals surface area contributed by atoms with Gasteiger partial charge in [-0.3, -0.25) is 0 Å². The second-order valence-corrected chi connectivity index (χ2v) is 3.24. The van der Waals surface area contributed by atoms with Gasteiger partial charge in [0.25, 0.3) is 0 Å². The van der Waals surface area contributed by atoms with Crippen LogP contribution in [0.25, 0.3) is 0 Å². The van der Waals surface area contributed by atoms with Crippen LogP contribution in [0.15, 0.2) is 12.2 Å². The fourth-order valence-electron chi connectivity index (χ4n) is 0.591. The molecule has 1 unspecified atom stereocenters. The predicted molar refractivity (Wildman–Crippen MR) is 44.0 cm³/mol. The Morgan fingerprint density at radius 1 is 1.50 bits per heavy atom. The van der Waals surface area contributed by atoms with E-state index >= 15 is 0 Å². The van der Waals surface area contributed by atoms with Gasteiger partial charge in [-0.25, -0.2) is 0 Å². The molecule has 0 aliphatic rings. The molecule has 0 saturated heterocycles. The summed E-state index contributed by atoms with van der Waals surface area (Å²) in [5, 5.41) is 9.43. The summed E-state index contributed by atoms with van der Waals surface area (Å²) in [6.07, 6.45) is 6.15. The molecule has 0 aliphatic heterocycles. The van der Waals surface area contributed by atoms with E-state index in [0.29, 0.717) is 0 Å². The van der Waals surface area contributed by atoms with Gasteiger partial charge in [-0.05, 0) is 0 Å². The Hall–Kier alpha value is -0.232. The number of allylic oxidation sites excluding steroid dienone is 1. The summed E-state index contributed by atoms with van der Waals surface area (Å²) in [4.78, 5) is 9.95. The van der Waals surface area contributed by atoms with Gasteiger partial charge in [0.1, 0.15) is 0 Å². The summed E-state index contributed by atoms with van der Waals surface area (Å²) in [5.41, 5.74) is 0. The standard InChI is InChI=1S/C7H13AsO2/c8-6-4-2-1-3-5-7(9)10/h3,5H,1-2,4,6,8H2,(H,9,10). The Morgan fingerprint density at radius 2 is 2.20 bits per heavy atom. The number of carbonyl (C=O) groups is 1. The van der Waals surface area contributed by atoms with Crippen molar-refractivity contribution in [1.29, 1.82) is 0 Å². The van der Waals surface area contributed by atoms with Gasteiger partial charge < -0.3 is 0 Å². The van der Waals surface area contributed by atoms with Crippen LogP contribution in [-0.4, -0.2) is 27.9 Å². The summed E-state index contributed by atoms with van der Waals surface area (Å²) in [5.74, 6) is -0.847. The third kappa shape index (κ3) is 7.77. The van der Waals surface area contributed by atoms with Crippen LogP contribution in [-0.2, 0) is 4.79 Å². The molecule has 0 aliphatic carbocycles. The van der Waals surface area contributed by atoms with Gasteiger partial charge in [-0.15, -0.1) is 0 Å². The Balaban J connectivity index is 3.10. The number of carboxylic acid groups (broad SMARTS) is 1. The zero-order valence-corrected chi connectivity index (χ0v) is 8.34. The number of unbranched alkanes of at least 4 members (excludes halogenated alkanes) is 2. The number of hydrogen-bond donors (Lipinski definition) is 1. The Morgan fingerprint density at radius 3 is 2.70 bits per heavy atom. The minimum atomic E-state index is -0.847. The molecule has 58 valence electrons. The molecule has 0 bridgehead atoms. The summed E-state index contributed by atoms with van der Waals surface area (Å²) in [6.45, 7) is 0. The third-order valence-corrected chi connectivity index (χ3v) is 1.94. The van der Waals surface area contributed by atoms with Gasteiger partial charge >= 0.3 is 69.3 Å². The average molecular weight is 204 g/mol. The zero-order valence-electron chi connectivity index (χ0n) is 5.92. The van der Waals surface area contributed by atoms with E-state index in [1.165, 1.54) is 17.7 Å². The van der Waals surface area contributed by atoms with Crippen molar-refractivity contribution in [3.8, 4) is 0 Å². The SMILES string of the molecule is O=C(O)C=CCCCC[AsH2]. The van der Waals surface area contributed by atoms with Crippen molar-refractivity contribution in [2.75, 3.05) is 0 Å². The van der Waals surface area contributed by atoms with Gasteiger partial charge in [-0.2, -0.15) is 0 Å². The second-order valence-electron chi connectivity index (χ2n) is 2.03. The second kappa shape index (κ2) is 6.88. The normalized spacial score (nSPS) is 10.5. The molecule has 0 heterocycles. The van der Waals surface area contributed by atoms with Crippen molar-refractivity contribution < 1.29 is 9.90 Å². The fraction of sp³-hybridized carbons (Fsp3) is 0.571. The summed E-state index contributed by atoms with van der Waals surface area (Å²) < 4.78 is 0. The number of aliphatic carboxylic acids is 1. The van der Waals surface area contributed by atoms with Gasteiger partial charge in [0.15, 0.2) is 0 Å². The minimum absolute atomic E-state index is 0.847. The predicted octanol–water partition coefficient (Wildman–Crippen LogP) is 0.849. The molecule has 0 fully saturated rings. The van der Waals surface area contributed by atoms with Crippen LogP contribution in [0.4, 0.5) is 0 Å². The number of carboxylic acids is 1. The van der Waals surface area contributed by atoms with Crippen LogP contribution >= 0.6 is 0 Å². The molecule has 0 saturated carbocycles. The topological polar surface area (TPSA) is 37.3 Å². The van der Waals surface area contributed by atoms with Crippen LogP contribution in [0.5, 0.6) is 0 Å². The molecule has 0 aromatic carbocycles. The molecular formula is C7H13AsO2. The quantitative estimate of drug-likeness (QED) is 0.409. The first-order valence-corrected chi connectivity index (χ1v) is 5.08. The fourth-order valence-corrected chi connectivity index (χ4v) is 1.20. The van der Waals surface area contributed by atoms with Crippen LogP contribution < -0.4 is 0 Å². The van der Waals surface area contributed by atoms with E-state index in [2.05, 4.69) is 0 Å². The van der Waals surface area contributed by atoms with Crippen molar-refractivity contribution in [3.63, 3.8) is 0 Å². The molecule has 0 amide bonds. The first kappa shape index (κ1) is 9.77. The van der Waals surface area contributed by atoms with E-state index in [4.69, 9.17) is 5.11 Å². The monoisotopic (exact) mass is 204 g/mol. The van der Waals surface area contributed by atoms with Crippen LogP contribution in [0.2, 0.25) is 5.21 Å². The molecular weight excluding hydrogens is 191 g/mol. The molecule has 0 aromatic heterocycles. The van der Waals surface area contributed by atoms with Gasteiger partial charge in [0.2, 0.25) is 0 Å². The van der Waals surface area contributed by atoms with Crippen molar-refractivity contribution >= 4 is 22.8 Å². The van der Waals surface area contributed by atoms with Crippen molar-refractivity contribution in [2.45, 2.75) is 24.5 Å². The van der Waals surface area contributed by atoms with E-state index < -0.39 is 5.97 Å². The van der Waals surface area contributed by atoms with Crippen LogP contribution in [0.1, 0.15) is 19.3 Å². The third-order valence-electron chi connectivity index (χ3n) is 1.09. The van der Waals surface area contributed by atoms with Gasteiger partial charge in [0.05, 0.1) is 0 Å². The van der Waals surface area contributed by atoms with Crippen LogP contribution in [0, 0.1) is 0 Å². The molecule has 1 atom stereocenters. The summed E-state index contributed by atoms with van der Waals surface area (Å²) >= 11 is 1.74. The molecule has 0 radical (unpaired) electrons. The van der Waals surface area contributed by atoms with E-state index in [9.17, 15) is 4.79 Å². The van der Waals surface area contributed by atoms with E-state index in [1.807, 2.05) is 0 Å². The van der Waals surface area contributed by atoms with Crippen molar-refractivity contribution in [1.82, 2.24) is 0 Å². The Kier molecular flexibility index (Phi) is 6.72. The molecule has 0 aromatic rings. The first-order valence-electron chi connectivity index (χ1n) is 3.37. The number of hydrogen-bond acceptors (Lipinski definition) is 1. The maximum atomic E-state index is 9.95. The van der Waals surface area contributed by atoms with E-state index in [0.717, 1.165) is 12.8 Å². The Bertz CT molecular complexity index is 121. The van der Waals surface area contributed by atoms with E-state index in [-0.39, 0.29) is 0 Å². The van der Waals surface area contributed by atoms with Gasteiger partial charge in [-0.1, -0.05) is 0 Å². The first-order chi connectivity index (χ1) is 4.77. The molecule has 2 nitrogen and oxygen atoms in total. The molecule has 1 N–H and O–H groups in total. The molecule has 3 heteroatoms. The summed E-state index contributed by atoms with van der Waals surface area (Å²) in [7, 11) is 0. The Labute approximate surface area is 69.8 Å². The van der Waals surface area contributed by atoms with Crippen LogP contribution in [0.3, 0.4) is 0 Å². The van der Waals surface area contributed by atoms with E-state index in [1.54, 1.807) is 22.9 Å². The molecule has 0 spiro atoms. The van der Waals surface area contributed by atoms with Crippen molar-refractivity contribution in [2.24, 2.45) is 0 Å². The average Bonchev–Trinajstić information content (AvgIpc) is 1.87. The molecule has 10 heavy (non-hydrogen) atoms. The maximum absolute atomic E-state index is 9.95. The summed E-state index contributed by atoms with van der Waals surface area (Å²) in [6, 6.07) is 0. The molecule has 0 rings (SSSR count).